The summed E-state index contributed by atoms with van der Waals surface area (Å²) in [7, 11) is -3.00. The summed E-state index contributed by atoms with van der Waals surface area (Å²) < 4.78 is 24.5. The van der Waals surface area contributed by atoms with Crippen molar-refractivity contribution in [3.63, 3.8) is 0 Å². The van der Waals surface area contributed by atoms with Gasteiger partial charge in [0.05, 0.1) is 17.2 Å². The highest BCUT2D eigenvalue weighted by atomic mass is 35.5. The van der Waals surface area contributed by atoms with E-state index in [1.54, 1.807) is 10.8 Å². The topological polar surface area (TPSA) is 81.1 Å². The molecule has 1 amide bonds. The first kappa shape index (κ1) is 18.0. The predicted octanol–water partition coefficient (Wildman–Crippen LogP) is 1.96. The minimum atomic E-state index is -3.00. The quantitative estimate of drug-likeness (QED) is 0.787. The van der Waals surface area contributed by atoms with Gasteiger partial charge in [-0.15, -0.1) is 0 Å². The lowest BCUT2D eigenvalue weighted by Gasteiger charge is -2.07. The summed E-state index contributed by atoms with van der Waals surface area (Å²) in [6.45, 7) is 4.68. The highest BCUT2D eigenvalue weighted by Crippen LogP contribution is 2.21. The van der Waals surface area contributed by atoms with Crippen LogP contribution in [-0.4, -0.2) is 41.7 Å². The van der Waals surface area contributed by atoms with E-state index in [0.717, 1.165) is 30.6 Å². The second-order valence-corrected chi connectivity index (χ2v) is 8.40. The highest BCUT2D eigenvalue weighted by molar-refractivity contribution is 7.91. The molecule has 0 aliphatic carbocycles. The summed E-state index contributed by atoms with van der Waals surface area (Å²) in [6, 6.07) is -0.305. The molecule has 23 heavy (non-hydrogen) atoms. The van der Waals surface area contributed by atoms with Gasteiger partial charge in [0.25, 0.3) is 0 Å². The number of rotatable bonds is 6. The first-order valence-electron chi connectivity index (χ1n) is 7.74. The number of nitrogens with one attached hydrogen (secondary N) is 1. The van der Waals surface area contributed by atoms with Crippen LogP contribution < -0.4 is 5.32 Å². The van der Waals surface area contributed by atoms with Crippen molar-refractivity contribution in [3.8, 4) is 0 Å². The largest absolute Gasteiger partial charge is 0.349 e. The Kier molecular flexibility index (Phi) is 5.86. The predicted molar refractivity (Wildman–Crippen MR) is 91.1 cm³/mol. The fourth-order valence-electron chi connectivity index (χ4n) is 2.53. The molecule has 0 radical (unpaired) electrons. The number of sulfone groups is 1. The zero-order valence-electron chi connectivity index (χ0n) is 13.4. The van der Waals surface area contributed by atoms with Crippen LogP contribution in [0.1, 0.15) is 37.4 Å². The molecule has 1 aliphatic heterocycles. The number of amides is 1. The monoisotopic (exact) mass is 359 g/mol. The third kappa shape index (κ3) is 4.81. The number of unbranched alkanes of at least 4 members (excludes halogenated alkanes) is 1. The second kappa shape index (κ2) is 7.49. The van der Waals surface area contributed by atoms with Crippen molar-refractivity contribution in [1.29, 1.82) is 0 Å². The third-order valence-corrected chi connectivity index (χ3v) is 5.98. The number of nitrogens with zero attached hydrogens (tertiary/aromatic N) is 2. The van der Waals surface area contributed by atoms with Crippen molar-refractivity contribution in [2.45, 2.75) is 45.7 Å². The fourth-order valence-corrected chi connectivity index (χ4v) is 4.53. The maximum atomic E-state index is 11.9. The Hall–Kier alpha value is -1.34. The lowest BCUT2D eigenvalue weighted by atomic mass is 10.2. The average Bonchev–Trinajstić information content (AvgIpc) is 2.94. The molecular formula is C15H22ClN3O3S. The van der Waals surface area contributed by atoms with Crippen molar-refractivity contribution in [2.24, 2.45) is 0 Å². The number of aromatic nitrogens is 2. The van der Waals surface area contributed by atoms with Crippen molar-refractivity contribution >= 4 is 33.4 Å². The van der Waals surface area contributed by atoms with Crippen LogP contribution in [0.25, 0.3) is 6.08 Å². The Bertz CT molecular complexity index is 710. The van der Waals surface area contributed by atoms with E-state index < -0.39 is 9.84 Å². The van der Waals surface area contributed by atoms with E-state index in [2.05, 4.69) is 17.3 Å². The summed E-state index contributed by atoms with van der Waals surface area (Å²) in [6.07, 6.45) is 5.52. The number of aryl methyl sites for hydroxylation is 2. The molecule has 1 aliphatic rings. The van der Waals surface area contributed by atoms with E-state index >= 15 is 0 Å². The summed E-state index contributed by atoms with van der Waals surface area (Å²) in [5.41, 5.74) is 1.48. The molecule has 8 heteroatoms. The Morgan fingerprint density at radius 1 is 1.52 bits per heavy atom. The Balaban J connectivity index is 1.99. The molecule has 1 unspecified atom stereocenters. The van der Waals surface area contributed by atoms with Crippen LogP contribution in [-0.2, 0) is 21.2 Å². The van der Waals surface area contributed by atoms with Crippen LogP contribution in [0.15, 0.2) is 6.08 Å². The molecular weight excluding hydrogens is 338 g/mol. The van der Waals surface area contributed by atoms with E-state index in [4.69, 9.17) is 11.6 Å². The maximum Gasteiger partial charge on any atom is 0.244 e. The number of hydrogen-bond donors (Lipinski definition) is 1. The standard InChI is InChI=1S/C15H22ClN3O3S/c1-3-4-8-19-15(16)13(11(2)18-19)5-6-14(20)17-12-7-9-23(21,22)10-12/h5-6,12H,3-4,7-10H2,1-2H3,(H,17,20)/b6-5+. The number of hydrogen-bond acceptors (Lipinski definition) is 4. The molecule has 1 N–H and O–H groups in total. The van der Waals surface area contributed by atoms with Crippen LogP contribution in [0.2, 0.25) is 5.15 Å². The lowest BCUT2D eigenvalue weighted by molar-refractivity contribution is -0.116. The molecule has 6 nitrogen and oxygen atoms in total. The molecule has 128 valence electrons. The van der Waals surface area contributed by atoms with Gasteiger partial charge in [0.1, 0.15) is 5.15 Å². The van der Waals surface area contributed by atoms with E-state index in [-0.39, 0.29) is 23.5 Å². The van der Waals surface area contributed by atoms with E-state index in [1.807, 2.05) is 6.92 Å². The van der Waals surface area contributed by atoms with Gasteiger partial charge in [-0.3, -0.25) is 9.48 Å². The first-order valence-corrected chi connectivity index (χ1v) is 9.94. The molecule has 1 fully saturated rings. The molecule has 2 heterocycles. The van der Waals surface area contributed by atoms with Gasteiger partial charge in [-0.1, -0.05) is 24.9 Å². The van der Waals surface area contributed by atoms with Crippen LogP contribution in [0.3, 0.4) is 0 Å². The van der Waals surface area contributed by atoms with Gasteiger partial charge in [0, 0.05) is 24.2 Å². The molecule has 0 aromatic carbocycles. The van der Waals surface area contributed by atoms with E-state index in [0.29, 0.717) is 11.6 Å². The van der Waals surface area contributed by atoms with E-state index in [1.165, 1.54) is 6.08 Å². The Morgan fingerprint density at radius 3 is 2.87 bits per heavy atom. The molecule has 0 saturated carbocycles. The molecule has 1 aromatic heterocycles. The Labute approximate surface area is 141 Å². The zero-order chi connectivity index (χ0) is 17.0. The van der Waals surface area contributed by atoms with Crippen LogP contribution in [0, 0.1) is 6.92 Å². The molecule has 0 bridgehead atoms. The van der Waals surface area contributed by atoms with Crippen LogP contribution >= 0.6 is 11.6 Å². The fraction of sp³-hybridized carbons (Fsp3) is 0.600. The maximum absolute atomic E-state index is 11.9. The van der Waals surface area contributed by atoms with Crippen molar-refractivity contribution in [3.05, 3.63) is 22.5 Å². The van der Waals surface area contributed by atoms with Gasteiger partial charge in [0.2, 0.25) is 5.91 Å². The molecule has 1 aromatic rings. The van der Waals surface area contributed by atoms with Crippen LogP contribution in [0.5, 0.6) is 0 Å². The normalized spacial score (nSPS) is 20.2. The lowest BCUT2D eigenvalue weighted by Crippen LogP contribution is -2.34. The zero-order valence-corrected chi connectivity index (χ0v) is 15.0. The number of halogens is 1. The molecule has 1 atom stereocenters. The number of carbonyl (C=O) groups is 1. The van der Waals surface area contributed by atoms with Gasteiger partial charge < -0.3 is 5.32 Å². The average molecular weight is 360 g/mol. The van der Waals surface area contributed by atoms with E-state index in [9.17, 15) is 13.2 Å². The minimum absolute atomic E-state index is 0.0152. The summed E-state index contributed by atoms with van der Waals surface area (Å²) >= 11 is 6.29. The molecule has 0 spiro atoms. The molecule has 2 rings (SSSR count). The smallest absolute Gasteiger partial charge is 0.244 e. The highest BCUT2D eigenvalue weighted by Gasteiger charge is 2.28. The number of carbonyl (C=O) groups excluding carboxylic acids is 1. The van der Waals surface area contributed by atoms with Gasteiger partial charge in [-0.05, 0) is 25.8 Å². The van der Waals surface area contributed by atoms with Crippen molar-refractivity contribution < 1.29 is 13.2 Å². The SMILES string of the molecule is CCCCn1nc(C)c(/C=C/C(=O)NC2CCS(=O)(=O)C2)c1Cl. The van der Waals surface area contributed by atoms with Gasteiger partial charge in [-0.2, -0.15) is 5.10 Å². The summed E-state index contributed by atoms with van der Waals surface area (Å²) in [5, 5.41) is 7.60. The van der Waals surface area contributed by atoms with Gasteiger partial charge in [-0.25, -0.2) is 8.42 Å². The van der Waals surface area contributed by atoms with Gasteiger partial charge in [0.15, 0.2) is 9.84 Å². The second-order valence-electron chi connectivity index (χ2n) is 5.81. The molecule has 1 saturated heterocycles. The van der Waals surface area contributed by atoms with Crippen molar-refractivity contribution in [2.75, 3.05) is 11.5 Å². The van der Waals surface area contributed by atoms with Gasteiger partial charge >= 0.3 is 0 Å². The van der Waals surface area contributed by atoms with Crippen LogP contribution in [0.4, 0.5) is 0 Å². The summed E-state index contributed by atoms with van der Waals surface area (Å²) in [5.74, 6) is -0.165. The summed E-state index contributed by atoms with van der Waals surface area (Å²) in [4.78, 5) is 11.9. The first-order chi connectivity index (χ1) is 10.8. The Morgan fingerprint density at radius 2 is 2.26 bits per heavy atom. The third-order valence-electron chi connectivity index (χ3n) is 3.81. The van der Waals surface area contributed by atoms with Crippen molar-refractivity contribution in [1.82, 2.24) is 15.1 Å². The minimum Gasteiger partial charge on any atom is -0.349 e.